The van der Waals surface area contributed by atoms with Crippen LogP contribution in [0.3, 0.4) is 0 Å². The monoisotopic (exact) mass is 292 g/mol. The molecule has 0 radical (unpaired) electrons. The molecule has 0 saturated carbocycles. The maximum atomic E-state index is 2.43. The van der Waals surface area contributed by atoms with Crippen LogP contribution in [-0.2, 0) is 23.7 Å². The number of hydrogen-bond acceptors (Lipinski definition) is 0. The van der Waals surface area contributed by atoms with Crippen LogP contribution in [0.1, 0.15) is 74.9 Å². The highest BCUT2D eigenvalue weighted by Gasteiger charge is 2.21. The van der Waals surface area contributed by atoms with Gasteiger partial charge in [-0.05, 0) is 57.1 Å². The maximum Gasteiger partial charge on any atom is -0.00199 e. The third kappa shape index (κ3) is 2.84. The first-order valence-electron chi connectivity index (χ1n) is 8.39. The Kier molecular flexibility index (Phi) is 3.47. The van der Waals surface area contributed by atoms with Crippen LogP contribution >= 0.6 is 0 Å². The van der Waals surface area contributed by atoms with Crippen molar-refractivity contribution in [3.8, 4) is 0 Å². The average molecular weight is 292 g/mol. The SMILES string of the molecule is CC(C)(C)c1ccc2c(c1)Cc1cc(C(C)(C)C)ccc1C2. The van der Waals surface area contributed by atoms with Crippen LogP contribution in [0.25, 0.3) is 0 Å². The van der Waals surface area contributed by atoms with E-state index in [4.69, 9.17) is 0 Å². The van der Waals surface area contributed by atoms with Crippen molar-refractivity contribution in [3.63, 3.8) is 0 Å². The Balaban J connectivity index is 2.00. The van der Waals surface area contributed by atoms with Crippen molar-refractivity contribution in [1.29, 1.82) is 0 Å². The normalized spacial score (nSPS) is 14.5. The minimum Gasteiger partial charge on any atom is -0.0582 e. The summed E-state index contributed by atoms with van der Waals surface area (Å²) in [5, 5.41) is 0. The van der Waals surface area contributed by atoms with Gasteiger partial charge in [-0.15, -0.1) is 0 Å². The molecule has 0 heteroatoms. The zero-order valence-electron chi connectivity index (χ0n) is 14.9. The summed E-state index contributed by atoms with van der Waals surface area (Å²) >= 11 is 0. The lowest BCUT2D eigenvalue weighted by molar-refractivity contribution is 0.587. The molecule has 1 aliphatic rings. The van der Waals surface area contributed by atoms with Gasteiger partial charge in [-0.25, -0.2) is 0 Å². The van der Waals surface area contributed by atoms with E-state index >= 15 is 0 Å². The van der Waals surface area contributed by atoms with Crippen molar-refractivity contribution >= 4 is 0 Å². The zero-order chi connectivity index (χ0) is 16.1. The number of benzene rings is 2. The first-order valence-corrected chi connectivity index (χ1v) is 8.39. The van der Waals surface area contributed by atoms with E-state index in [0.29, 0.717) is 0 Å². The largest absolute Gasteiger partial charge is 0.0582 e. The first-order chi connectivity index (χ1) is 10.1. The Hall–Kier alpha value is -1.56. The lowest BCUT2D eigenvalue weighted by Gasteiger charge is -2.27. The lowest BCUT2D eigenvalue weighted by Crippen LogP contribution is -2.16. The van der Waals surface area contributed by atoms with E-state index in [-0.39, 0.29) is 10.8 Å². The standard InChI is InChI=1S/C22H28/c1-21(2,3)19-9-7-15-11-16-8-10-20(22(4,5)6)14-18(16)12-17(15)13-19/h7-10,13-14H,11-12H2,1-6H3. The molecule has 0 bridgehead atoms. The summed E-state index contributed by atoms with van der Waals surface area (Å²) in [7, 11) is 0. The molecule has 2 aromatic carbocycles. The van der Waals surface area contributed by atoms with Crippen LogP contribution in [0.15, 0.2) is 36.4 Å². The van der Waals surface area contributed by atoms with Gasteiger partial charge in [0.2, 0.25) is 0 Å². The summed E-state index contributed by atoms with van der Waals surface area (Å²) < 4.78 is 0. The molecular weight excluding hydrogens is 264 g/mol. The van der Waals surface area contributed by atoms with E-state index in [1.165, 1.54) is 33.4 Å². The number of rotatable bonds is 0. The highest BCUT2D eigenvalue weighted by molar-refractivity contribution is 5.49. The molecule has 0 spiro atoms. The van der Waals surface area contributed by atoms with Gasteiger partial charge in [0.05, 0.1) is 0 Å². The molecule has 0 unspecified atom stereocenters. The Morgan fingerprint density at radius 1 is 0.545 bits per heavy atom. The summed E-state index contributed by atoms with van der Waals surface area (Å²) in [6.07, 6.45) is 2.16. The van der Waals surface area contributed by atoms with Gasteiger partial charge in [0.15, 0.2) is 0 Å². The van der Waals surface area contributed by atoms with Crippen molar-refractivity contribution in [2.24, 2.45) is 0 Å². The molecule has 0 heterocycles. The summed E-state index contributed by atoms with van der Waals surface area (Å²) in [4.78, 5) is 0. The van der Waals surface area contributed by atoms with E-state index in [1.54, 1.807) is 0 Å². The van der Waals surface area contributed by atoms with E-state index in [1.807, 2.05) is 0 Å². The second kappa shape index (κ2) is 4.98. The van der Waals surface area contributed by atoms with Gasteiger partial charge in [0, 0.05) is 0 Å². The molecule has 0 aromatic heterocycles. The van der Waals surface area contributed by atoms with Gasteiger partial charge in [0.1, 0.15) is 0 Å². The predicted molar refractivity (Wildman–Crippen MR) is 95.9 cm³/mol. The predicted octanol–water partition coefficient (Wildman–Crippen LogP) is 5.78. The summed E-state index contributed by atoms with van der Waals surface area (Å²) in [5.41, 5.74) is 9.39. The molecule has 0 saturated heterocycles. The highest BCUT2D eigenvalue weighted by atomic mass is 14.3. The number of fused-ring (bicyclic) bond motifs is 2. The molecule has 2 aromatic rings. The molecular formula is C22H28. The van der Waals surface area contributed by atoms with Gasteiger partial charge in [0.25, 0.3) is 0 Å². The molecule has 3 rings (SSSR count). The minimum absolute atomic E-state index is 0.225. The Morgan fingerprint density at radius 3 is 1.27 bits per heavy atom. The van der Waals surface area contributed by atoms with Gasteiger partial charge in [-0.1, -0.05) is 77.9 Å². The molecule has 0 N–H and O–H groups in total. The molecule has 1 aliphatic carbocycles. The Morgan fingerprint density at radius 2 is 0.909 bits per heavy atom. The fourth-order valence-corrected chi connectivity index (χ4v) is 3.27. The topological polar surface area (TPSA) is 0 Å². The van der Waals surface area contributed by atoms with Crippen LogP contribution in [0, 0.1) is 0 Å². The molecule has 0 fully saturated rings. The molecule has 0 atom stereocenters. The molecule has 0 aliphatic heterocycles. The zero-order valence-corrected chi connectivity index (χ0v) is 14.9. The lowest BCUT2D eigenvalue weighted by atomic mass is 9.78. The third-order valence-corrected chi connectivity index (χ3v) is 4.91. The highest BCUT2D eigenvalue weighted by Crippen LogP contribution is 2.33. The molecule has 0 amide bonds. The quantitative estimate of drug-likeness (QED) is 0.493. The number of hydrogen-bond donors (Lipinski definition) is 0. The van der Waals surface area contributed by atoms with E-state index in [2.05, 4.69) is 77.9 Å². The van der Waals surface area contributed by atoms with Crippen LogP contribution in [0.4, 0.5) is 0 Å². The van der Waals surface area contributed by atoms with E-state index < -0.39 is 0 Å². The Bertz CT molecular complexity index is 644. The van der Waals surface area contributed by atoms with Crippen molar-refractivity contribution < 1.29 is 0 Å². The van der Waals surface area contributed by atoms with E-state index in [0.717, 1.165) is 12.8 Å². The van der Waals surface area contributed by atoms with Crippen molar-refractivity contribution in [1.82, 2.24) is 0 Å². The smallest absolute Gasteiger partial charge is 0.00199 e. The van der Waals surface area contributed by atoms with E-state index in [9.17, 15) is 0 Å². The van der Waals surface area contributed by atoms with Gasteiger partial charge >= 0.3 is 0 Å². The van der Waals surface area contributed by atoms with Crippen LogP contribution < -0.4 is 0 Å². The summed E-state index contributed by atoms with van der Waals surface area (Å²) in [6.45, 7) is 13.8. The minimum atomic E-state index is 0.225. The van der Waals surface area contributed by atoms with Crippen molar-refractivity contribution in [3.05, 3.63) is 69.8 Å². The first kappa shape index (κ1) is 15.3. The third-order valence-electron chi connectivity index (χ3n) is 4.91. The second-order valence-corrected chi connectivity index (χ2v) is 8.82. The second-order valence-electron chi connectivity index (χ2n) is 8.82. The van der Waals surface area contributed by atoms with Crippen molar-refractivity contribution in [2.75, 3.05) is 0 Å². The fourth-order valence-electron chi connectivity index (χ4n) is 3.27. The van der Waals surface area contributed by atoms with Crippen LogP contribution in [0.2, 0.25) is 0 Å². The maximum absolute atomic E-state index is 2.43. The average Bonchev–Trinajstić information content (AvgIpc) is 2.41. The Labute approximate surface area is 135 Å². The van der Waals surface area contributed by atoms with Gasteiger partial charge in [-0.3, -0.25) is 0 Å². The van der Waals surface area contributed by atoms with Crippen LogP contribution in [0.5, 0.6) is 0 Å². The van der Waals surface area contributed by atoms with Crippen molar-refractivity contribution in [2.45, 2.75) is 65.2 Å². The molecule has 116 valence electrons. The van der Waals surface area contributed by atoms with Gasteiger partial charge < -0.3 is 0 Å². The molecule has 0 nitrogen and oxygen atoms in total. The summed E-state index contributed by atoms with van der Waals surface area (Å²) in [6, 6.07) is 14.2. The van der Waals surface area contributed by atoms with Crippen LogP contribution in [-0.4, -0.2) is 0 Å². The molecule has 22 heavy (non-hydrogen) atoms. The summed E-state index contributed by atoms with van der Waals surface area (Å²) in [5.74, 6) is 0. The fraction of sp³-hybridized carbons (Fsp3) is 0.455. The van der Waals surface area contributed by atoms with Gasteiger partial charge in [-0.2, -0.15) is 0 Å².